The van der Waals surface area contributed by atoms with Crippen LogP contribution in [0.1, 0.15) is 29.6 Å². The molecule has 1 aliphatic heterocycles. The number of carbonyl (C=O) groups is 1. The summed E-state index contributed by atoms with van der Waals surface area (Å²) in [5, 5.41) is 0. The van der Waals surface area contributed by atoms with Crippen molar-refractivity contribution in [2.45, 2.75) is 19.3 Å². The Kier molecular flexibility index (Phi) is 3.56. The predicted octanol–water partition coefficient (Wildman–Crippen LogP) is 3.94. The van der Waals surface area contributed by atoms with Gasteiger partial charge in [-0.1, -0.05) is 34.1 Å². The number of carbonyl (C=O) groups excluding carboxylic acids is 1. The molecule has 0 amide bonds. The third kappa shape index (κ3) is 2.66. The zero-order chi connectivity index (χ0) is 13.2. The summed E-state index contributed by atoms with van der Waals surface area (Å²) in [6.45, 7) is 1.47. The lowest BCUT2D eigenvalue weighted by molar-refractivity contribution is 0.0955. The van der Waals surface area contributed by atoms with E-state index in [1.807, 2.05) is 24.3 Å². The Morgan fingerprint density at radius 2 is 2.00 bits per heavy atom. The summed E-state index contributed by atoms with van der Waals surface area (Å²) in [6, 6.07) is 7.60. The van der Waals surface area contributed by atoms with Crippen LogP contribution in [-0.4, -0.2) is 23.8 Å². The fourth-order valence-corrected chi connectivity index (χ4v) is 3.00. The van der Waals surface area contributed by atoms with Gasteiger partial charge in [-0.25, -0.2) is 0 Å². The molecule has 2 nitrogen and oxygen atoms in total. The summed E-state index contributed by atoms with van der Waals surface area (Å²) in [4.78, 5) is 14.5. The Morgan fingerprint density at radius 1 is 1.21 bits per heavy atom. The second kappa shape index (κ2) is 5.33. The third-order valence-corrected chi connectivity index (χ3v) is 4.30. The topological polar surface area (TPSA) is 20.3 Å². The van der Waals surface area contributed by atoms with Crippen molar-refractivity contribution in [3.05, 3.63) is 57.7 Å². The number of rotatable bonds is 3. The molecule has 0 fully saturated rings. The number of halogens is 1. The van der Waals surface area contributed by atoms with Gasteiger partial charge in [-0.2, -0.15) is 0 Å². The standard InChI is InChI=1S/C16H16BrNO/c17-14-7-5-13(6-8-14)16(19)11-18-10-9-12-3-1-2-4-15(12)18/h2,4-8H,1,3,9-11H2. The summed E-state index contributed by atoms with van der Waals surface area (Å²) < 4.78 is 1.01. The summed E-state index contributed by atoms with van der Waals surface area (Å²) >= 11 is 3.39. The molecule has 1 aliphatic carbocycles. The highest BCUT2D eigenvalue weighted by molar-refractivity contribution is 9.10. The molecule has 1 aromatic rings. The number of hydrogen-bond acceptors (Lipinski definition) is 2. The zero-order valence-corrected chi connectivity index (χ0v) is 12.3. The van der Waals surface area contributed by atoms with Crippen molar-refractivity contribution >= 4 is 21.7 Å². The van der Waals surface area contributed by atoms with Crippen molar-refractivity contribution in [2.75, 3.05) is 13.1 Å². The Morgan fingerprint density at radius 3 is 2.79 bits per heavy atom. The van der Waals surface area contributed by atoms with Crippen LogP contribution in [0.25, 0.3) is 0 Å². The summed E-state index contributed by atoms with van der Waals surface area (Å²) in [6.07, 6.45) is 7.82. The minimum atomic E-state index is 0.195. The quantitative estimate of drug-likeness (QED) is 0.787. The van der Waals surface area contributed by atoms with E-state index in [4.69, 9.17) is 0 Å². The first kappa shape index (κ1) is 12.7. The van der Waals surface area contributed by atoms with E-state index in [0.717, 1.165) is 35.8 Å². The molecule has 3 rings (SSSR count). The van der Waals surface area contributed by atoms with Crippen molar-refractivity contribution in [3.8, 4) is 0 Å². The van der Waals surface area contributed by atoms with Crippen molar-refractivity contribution in [1.29, 1.82) is 0 Å². The molecule has 19 heavy (non-hydrogen) atoms. The van der Waals surface area contributed by atoms with Crippen LogP contribution in [0.5, 0.6) is 0 Å². The molecule has 3 heteroatoms. The minimum Gasteiger partial charge on any atom is -0.364 e. The molecule has 0 saturated heterocycles. The smallest absolute Gasteiger partial charge is 0.182 e. The molecule has 0 saturated carbocycles. The van der Waals surface area contributed by atoms with Gasteiger partial charge in [-0.15, -0.1) is 0 Å². The van der Waals surface area contributed by atoms with E-state index in [1.54, 1.807) is 0 Å². The first-order valence-corrected chi connectivity index (χ1v) is 7.45. The van der Waals surface area contributed by atoms with Crippen LogP contribution >= 0.6 is 15.9 Å². The van der Waals surface area contributed by atoms with Gasteiger partial charge in [0, 0.05) is 22.3 Å². The van der Waals surface area contributed by atoms with E-state index in [-0.39, 0.29) is 5.78 Å². The van der Waals surface area contributed by atoms with Crippen LogP contribution in [-0.2, 0) is 0 Å². The SMILES string of the molecule is O=C(CN1CCC2=C1C=CCC2)c1ccc(Br)cc1. The average molecular weight is 318 g/mol. The van der Waals surface area contributed by atoms with Gasteiger partial charge in [0.2, 0.25) is 0 Å². The van der Waals surface area contributed by atoms with E-state index in [1.165, 1.54) is 11.3 Å². The van der Waals surface area contributed by atoms with Gasteiger partial charge in [-0.3, -0.25) is 4.79 Å². The molecule has 98 valence electrons. The lowest BCUT2D eigenvalue weighted by Crippen LogP contribution is -2.26. The second-order valence-electron chi connectivity index (χ2n) is 5.03. The summed E-state index contributed by atoms with van der Waals surface area (Å²) in [5.74, 6) is 0.195. The molecular formula is C16H16BrNO. The maximum absolute atomic E-state index is 12.3. The van der Waals surface area contributed by atoms with E-state index in [2.05, 4.69) is 33.0 Å². The molecule has 0 unspecified atom stereocenters. The Bertz CT molecular complexity index is 557. The molecular weight excluding hydrogens is 302 g/mol. The highest BCUT2D eigenvalue weighted by atomic mass is 79.9. The molecule has 0 N–H and O–H groups in total. The van der Waals surface area contributed by atoms with E-state index in [9.17, 15) is 4.79 Å². The van der Waals surface area contributed by atoms with E-state index < -0.39 is 0 Å². The Labute approximate surface area is 121 Å². The number of Topliss-reactive ketones (excluding diaryl/α,β-unsaturated/α-hetero) is 1. The van der Waals surface area contributed by atoms with Gasteiger partial charge in [0.1, 0.15) is 0 Å². The van der Waals surface area contributed by atoms with Gasteiger partial charge in [0.05, 0.1) is 6.54 Å². The fraction of sp³-hybridized carbons (Fsp3) is 0.312. The van der Waals surface area contributed by atoms with Crippen LogP contribution in [0.4, 0.5) is 0 Å². The number of ketones is 1. The van der Waals surface area contributed by atoms with Gasteiger partial charge >= 0.3 is 0 Å². The predicted molar refractivity (Wildman–Crippen MR) is 80.1 cm³/mol. The molecule has 0 bridgehead atoms. The monoisotopic (exact) mass is 317 g/mol. The summed E-state index contributed by atoms with van der Waals surface area (Å²) in [5.41, 5.74) is 3.60. The largest absolute Gasteiger partial charge is 0.364 e. The lowest BCUT2D eigenvalue weighted by Gasteiger charge is -2.21. The molecule has 0 radical (unpaired) electrons. The molecule has 1 heterocycles. The number of benzene rings is 1. The van der Waals surface area contributed by atoms with Crippen molar-refractivity contribution in [1.82, 2.24) is 4.90 Å². The third-order valence-electron chi connectivity index (χ3n) is 3.78. The van der Waals surface area contributed by atoms with Crippen LogP contribution in [0.3, 0.4) is 0 Å². The van der Waals surface area contributed by atoms with Gasteiger partial charge in [-0.05, 0) is 43.0 Å². The average Bonchev–Trinajstić information content (AvgIpc) is 2.83. The Hall–Kier alpha value is -1.35. The van der Waals surface area contributed by atoms with Gasteiger partial charge < -0.3 is 4.90 Å². The van der Waals surface area contributed by atoms with Crippen LogP contribution < -0.4 is 0 Å². The zero-order valence-electron chi connectivity index (χ0n) is 10.7. The van der Waals surface area contributed by atoms with Crippen LogP contribution in [0, 0.1) is 0 Å². The minimum absolute atomic E-state index is 0.195. The number of nitrogens with zero attached hydrogens (tertiary/aromatic N) is 1. The maximum atomic E-state index is 12.3. The van der Waals surface area contributed by atoms with Crippen LogP contribution in [0.2, 0.25) is 0 Å². The van der Waals surface area contributed by atoms with Crippen molar-refractivity contribution in [3.63, 3.8) is 0 Å². The summed E-state index contributed by atoms with van der Waals surface area (Å²) in [7, 11) is 0. The van der Waals surface area contributed by atoms with Gasteiger partial charge in [0.25, 0.3) is 0 Å². The molecule has 0 spiro atoms. The van der Waals surface area contributed by atoms with Crippen LogP contribution in [0.15, 0.2) is 52.2 Å². The number of allylic oxidation sites excluding steroid dienone is 2. The maximum Gasteiger partial charge on any atom is 0.182 e. The highest BCUT2D eigenvalue weighted by Gasteiger charge is 2.23. The first-order valence-electron chi connectivity index (χ1n) is 6.66. The fourth-order valence-electron chi connectivity index (χ4n) is 2.74. The molecule has 0 aromatic heterocycles. The first-order chi connectivity index (χ1) is 9.24. The molecule has 0 atom stereocenters. The van der Waals surface area contributed by atoms with Crippen molar-refractivity contribution < 1.29 is 4.79 Å². The second-order valence-corrected chi connectivity index (χ2v) is 5.95. The van der Waals surface area contributed by atoms with E-state index in [0.29, 0.717) is 6.54 Å². The van der Waals surface area contributed by atoms with Crippen molar-refractivity contribution in [2.24, 2.45) is 0 Å². The number of hydrogen-bond donors (Lipinski definition) is 0. The Balaban J connectivity index is 1.72. The molecule has 2 aliphatic rings. The lowest BCUT2D eigenvalue weighted by atomic mass is 10.0. The highest BCUT2D eigenvalue weighted by Crippen LogP contribution is 2.30. The van der Waals surface area contributed by atoms with Gasteiger partial charge in [0.15, 0.2) is 5.78 Å². The normalized spacial score (nSPS) is 17.8. The molecule has 1 aromatic carbocycles. The van der Waals surface area contributed by atoms with E-state index >= 15 is 0 Å².